The Kier molecular flexibility index (Phi) is 146. The first-order valence-corrected chi connectivity index (χ1v) is 57.0. The van der Waals surface area contributed by atoms with E-state index in [1.807, 2.05) is 469 Å². The predicted octanol–water partition coefficient (Wildman–Crippen LogP) is 49.4. The molecule has 1 heterocycles. The maximum absolute atomic E-state index is 3.38. The lowest BCUT2D eigenvalue weighted by Gasteiger charge is -2.25. The van der Waals surface area contributed by atoms with Crippen molar-refractivity contribution >= 4 is 94.5 Å². The van der Waals surface area contributed by atoms with Crippen LogP contribution in [0.3, 0.4) is 0 Å². The minimum Gasteiger partial charge on any atom is -0.388 e. The van der Waals surface area contributed by atoms with Gasteiger partial charge in [0, 0.05) is 94.1 Å². The molecule has 0 radical (unpaired) electrons. The molecule has 0 aliphatic heterocycles. The number of fused-ring (bicyclic) bond motifs is 5. The molecule has 820 valence electrons. The molecule has 18 aromatic rings. The fourth-order valence-electron chi connectivity index (χ4n) is 11.4. The zero-order valence-electron chi connectivity index (χ0n) is 103. The highest BCUT2D eigenvalue weighted by molar-refractivity contribution is 6.07. The highest BCUT2D eigenvalue weighted by Gasteiger charge is 2.11. The molecule has 6 nitrogen and oxygen atoms in total. The molecule has 149 heavy (non-hydrogen) atoms. The number of para-hydroxylation sites is 11. The summed E-state index contributed by atoms with van der Waals surface area (Å²) >= 11 is 0. The highest BCUT2D eigenvalue weighted by Crippen LogP contribution is 2.34. The lowest BCUT2D eigenvalue weighted by Crippen LogP contribution is -2.09. The van der Waals surface area contributed by atoms with Crippen LogP contribution in [0, 0.1) is 0 Å². The molecule has 0 bridgehead atoms. The Morgan fingerprint density at radius 3 is 0.463 bits per heavy atom. The van der Waals surface area contributed by atoms with Gasteiger partial charge in [0.05, 0.1) is 0 Å². The van der Waals surface area contributed by atoms with Gasteiger partial charge in [0.15, 0.2) is 0 Å². The van der Waals surface area contributed by atoms with Crippen LogP contribution in [0.1, 0.15) is 291 Å². The number of hydrogen-bond acceptors (Lipinski definition) is 5. The van der Waals surface area contributed by atoms with Gasteiger partial charge in [0.1, 0.15) is 0 Å². The largest absolute Gasteiger partial charge is 0.388 e. The van der Waals surface area contributed by atoms with E-state index in [0.717, 1.165) is 22.7 Å². The Hall–Kier alpha value is -13.9. The fraction of sp³-hybridized carbons (Fsp3) is 0.315. The summed E-state index contributed by atoms with van der Waals surface area (Å²) in [6.45, 7) is 84.0. The van der Waals surface area contributed by atoms with Gasteiger partial charge in [-0.05, 0) is 154 Å². The molecule has 0 fully saturated rings. The van der Waals surface area contributed by atoms with E-state index in [1.54, 1.807) is 0 Å². The highest BCUT2D eigenvalue weighted by atomic mass is 15.1. The van der Waals surface area contributed by atoms with Gasteiger partial charge in [-0.25, -0.2) is 0 Å². The zero-order valence-corrected chi connectivity index (χ0v) is 103. The number of anilines is 9. The van der Waals surface area contributed by atoms with E-state index in [-0.39, 0.29) is 0 Å². The molecule has 0 atom stereocenters. The minimum atomic E-state index is 1.12. The lowest BCUT2D eigenvalue weighted by molar-refractivity contribution is 1.21. The molecule has 1 aromatic heterocycles. The molecule has 0 unspecified atom stereocenters. The third kappa shape index (κ3) is 79.0. The van der Waals surface area contributed by atoms with Gasteiger partial charge in [-0.3, -0.25) is 0 Å². The van der Waals surface area contributed by atoms with Gasteiger partial charge in [0.25, 0.3) is 0 Å². The first-order valence-electron chi connectivity index (χ1n) is 57.0. The van der Waals surface area contributed by atoms with E-state index in [4.69, 9.17) is 0 Å². The number of aromatic nitrogens is 1. The Balaban J connectivity index is -0.000000136. The topological polar surface area (TPSA) is 58.4 Å². The second kappa shape index (κ2) is 136. The molecule has 0 aliphatic rings. The first-order chi connectivity index (χ1) is 74.0. The molecule has 0 spiro atoms. The smallest absolute Gasteiger partial charge is 0.0464 e. The van der Waals surface area contributed by atoms with E-state index in [1.165, 1.54) is 82.9 Å². The SMILES string of the molecule is CC.CC.CC.CC.CC.CC.CC.CC.CC.CC.CC.CC.CC.CC.CC.CC.CC.CC.CC.CC.CC.CN(c1ccccc1)c1ccccc1.CNc1ccccc1.CNc1ccccc1.c1ccc(-c2ccccc2)cc1.c1ccc(N(c2ccccc2)c2ccccc2)cc1.c1ccc(Nc2ccccc2)cc1.c1ccc2c(c1)[nH]c1ccccc12.c1ccc2ccccc2c1.c1ccc2ccccc2c1. The maximum Gasteiger partial charge on any atom is 0.0464 e. The number of H-pyrrole nitrogens is 1. The Morgan fingerprint density at radius 1 is 0.148 bits per heavy atom. The van der Waals surface area contributed by atoms with Crippen LogP contribution in [0.4, 0.5) is 51.2 Å². The quantitative estimate of drug-likeness (QED) is 0.110. The van der Waals surface area contributed by atoms with E-state index >= 15 is 0 Å². The third-order valence-corrected chi connectivity index (χ3v) is 16.9. The number of aromatic amines is 1. The van der Waals surface area contributed by atoms with Gasteiger partial charge in [-0.15, -0.1) is 0 Å². The monoisotopic (exact) mass is 2020 g/mol. The van der Waals surface area contributed by atoms with Crippen molar-refractivity contribution in [3.63, 3.8) is 0 Å². The third-order valence-electron chi connectivity index (χ3n) is 16.9. The van der Waals surface area contributed by atoms with Crippen LogP contribution < -0.4 is 25.8 Å². The number of benzene rings is 17. The second-order valence-electron chi connectivity index (χ2n) is 24.3. The number of nitrogens with zero attached hydrogens (tertiary/aromatic N) is 2. The van der Waals surface area contributed by atoms with Crippen molar-refractivity contribution < 1.29 is 0 Å². The number of nitrogens with one attached hydrogen (secondary N) is 4. The van der Waals surface area contributed by atoms with Crippen LogP contribution >= 0.6 is 0 Å². The van der Waals surface area contributed by atoms with E-state index < -0.39 is 0 Å². The summed E-state index contributed by atoms with van der Waals surface area (Å²) < 4.78 is 0. The molecule has 6 heteroatoms. The fourth-order valence-corrected chi connectivity index (χ4v) is 11.4. The second-order valence-corrected chi connectivity index (χ2v) is 24.3. The van der Waals surface area contributed by atoms with Crippen molar-refractivity contribution in [2.24, 2.45) is 0 Å². The molecular formula is C143H218N6. The first kappa shape index (κ1) is 160. The predicted molar refractivity (Wildman–Crippen MR) is 704 cm³/mol. The van der Waals surface area contributed by atoms with E-state index in [2.05, 4.69) is 353 Å². The van der Waals surface area contributed by atoms with Gasteiger partial charge >= 0.3 is 0 Å². The Labute approximate surface area is 921 Å². The molecule has 0 amide bonds. The van der Waals surface area contributed by atoms with Crippen LogP contribution in [0.2, 0.25) is 0 Å². The van der Waals surface area contributed by atoms with Crippen LogP contribution in [0.15, 0.2) is 479 Å². The summed E-state index contributed by atoms with van der Waals surface area (Å²) in [7, 11) is 5.90. The van der Waals surface area contributed by atoms with E-state index in [0.29, 0.717) is 0 Å². The van der Waals surface area contributed by atoms with Crippen molar-refractivity contribution in [1.82, 2.24) is 4.98 Å². The summed E-state index contributed by atoms with van der Waals surface area (Å²) in [5.41, 5.74) is 15.4. The molecule has 0 saturated carbocycles. The van der Waals surface area contributed by atoms with Crippen molar-refractivity contribution in [3.05, 3.63) is 479 Å². The van der Waals surface area contributed by atoms with Crippen molar-refractivity contribution in [3.8, 4) is 11.1 Å². The normalized spacial score (nSPS) is 7.90. The molecule has 0 saturated heterocycles. The van der Waals surface area contributed by atoms with Gasteiger partial charge < -0.3 is 30.7 Å². The van der Waals surface area contributed by atoms with Crippen molar-refractivity contribution in [2.75, 3.05) is 46.9 Å². The summed E-state index contributed by atoms with van der Waals surface area (Å²) in [5.74, 6) is 0. The minimum absolute atomic E-state index is 1.12. The average Bonchev–Trinajstić information content (AvgIpc) is 1.67. The summed E-state index contributed by atoms with van der Waals surface area (Å²) in [6, 6.07) is 163. The van der Waals surface area contributed by atoms with Crippen molar-refractivity contribution in [2.45, 2.75) is 291 Å². The van der Waals surface area contributed by atoms with Crippen LogP contribution in [0.25, 0.3) is 54.5 Å². The number of rotatable bonds is 10. The Bertz CT molecular complexity index is 4820. The lowest BCUT2D eigenvalue weighted by atomic mass is 10.1. The summed E-state index contributed by atoms with van der Waals surface area (Å²) in [4.78, 5) is 7.79. The average molecular weight is 2020 g/mol. The molecule has 17 aromatic carbocycles. The molecule has 18 rings (SSSR count). The van der Waals surface area contributed by atoms with Crippen molar-refractivity contribution in [1.29, 1.82) is 0 Å². The standard InChI is InChI=1S/C18H15N.C13H13N.C12H9N.C12H11N.C12H10.2C10H8.2C7H9N.21C2H6/c1-4-10-16(11-5-1)19(17-12-6-2-7-13-17)18-14-8-3-9-15-18;1-14(12-8-4-2-5-9-12)13-10-6-3-7-11-13;1-3-7-11-9(5-1)10-6-2-4-8-12(10)13-11;1-3-7-11(8-4-1)13-12-9-5-2-6-10-12;1-3-7-11(8-4-1)12-9-5-2-6-10-12;2*1-2-6-10-8-4-3-7-9(10)5-1;2*1-8-7-5-3-2-4-6-7;21*1-2/h1-15H;2-11H,1H3;1-8,13H;1-10,13H;1-10H;2*1-8H;2*2-6,8H,1H3;21*1-2H3. The van der Waals surface area contributed by atoms with Gasteiger partial charge in [-0.2, -0.15) is 0 Å². The number of hydrogen-bond donors (Lipinski definition) is 4. The zero-order chi connectivity index (χ0) is 116. The summed E-state index contributed by atoms with van der Waals surface area (Å²) in [6.07, 6.45) is 0. The van der Waals surface area contributed by atoms with Crippen LogP contribution in [0.5, 0.6) is 0 Å². The molecular weight excluding hydrogens is 1800 g/mol. The maximum atomic E-state index is 3.38. The van der Waals surface area contributed by atoms with Gasteiger partial charge in [-0.1, -0.05) is 649 Å². The summed E-state index contributed by atoms with van der Waals surface area (Å²) in [5, 5.41) is 17.2. The Morgan fingerprint density at radius 2 is 0.289 bits per heavy atom. The van der Waals surface area contributed by atoms with E-state index in [9.17, 15) is 0 Å². The molecule has 4 N–H and O–H groups in total. The van der Waals surface area contributed by atoms with Crippen LogP contribution in [-0.4, -0.2) is 26.1 Å². The van der Waals surface area contributed by atoms with Gasteiger partial charge in [0.2, 0.25) is 0 Å². The van der Waals surface area contributed by atoms with Crippen LogP contribution in [-0.2, 0) is 0 Å². The molecule has 0 aliphatic carbocycles.